The molecule has 2 heterocycles. The fourth-order valence-corrected chi connectivity index (χ4v) is 2.58. The van der Waals surface area contributed by atoms with Crippen LogP contribution in [-0.4, -0.2) is 85.2 Å². The minimum Gasteiger partial charge on any atom is -0.364 e. The van der Waals surface area contributed by atoms with E-state index in [1.807, 2.05) is 6.07 Å². The van der Waals surface area contributed by atoms with Gasteiger partial charge >= 0.3 is 0 Å². The third-order valence-electron chi connectivity index (χ3n) is 4.17. The number of aromatic nitrogens is 1. The Bertz CT molecular complexity index is 459. The van der Waals surface area contributed by atoms with Crippen molar-refractivity contribution in [1.82, 2.24) is 25.2 Å². The Morgan fingerprint density at radius 1 is 1.33 bits per heavy atom. The van der Waals surface area contributed by atoms with Crippen LogP contribution < -0.4 is 5.32 Å². The van der Waals surface area contributed by atoms with Crippen LogP contribution in [0.1, 0.15) is 19.5 Å². The third kappa shape index (κ3) is 6.94. The van der Waals surface area contributed by atoms with E-state index < -0.39 is 0 Å². The molecule has 0 radical (unpaired) electrons. The van der Waals surface area contributed by atoms with Crippen molar-refractivity contribution >= 4 is 29.9 Å². The molecule has 1 fully saturated rings. The monoisotopic (exact) mass is 450 g/mol. The predicted molar refractivity (Wildman–Crippen MR) is 108 cm³/mol. The SMILES string of the molecule is CCNC(=NCCN(C)CC)N1CCN(Cc2ccon2)CC1.I. The van der Waals surface area contributed by atoms with E-state index in [0.717, 1.165) is 70.6 Å². The van der Waals surface area contributed by atoms with Gasteiger partial charge in [-0.15, -0.1) is 24.0 Å². The zero-order valence-electron chi connectivity index (χ0n) is 15.1. The highest BCUT2D eigenvalue weighted by Crippen LogP contribution is 2.07. The van der Waals surface area contributed by atoms with Crippen LogP contribution in [0.5, 0.6) is 0 Å². The molecule has 2 rings (SSSR count). The standard InChI is InChI=1S/C16H30N6O.HI/c1-4-17-16(18-7-8-20(3)5-2)22-11-9-21(10-12-22)14-15-6-13-23-19-15;/h6,13H,4-5,7-12,14H2,1-3H3,(H,17,18);1H. The van der Waals surface area contributed by atoms with Crippen LogP contribution >= 0.6 is 24.0 Å². The van der Waals surface area contributed by atoms with E-state index >= 15 is 0 Å². The zero-order valence-corrected chi connectivity index (χ0v) is 17.4. The second-order valence-electron chi connectivity index (χ2n) is 5.89. The van der Waals surface area contributed by atoms with E-state index in [2.05, 4.69) is 46.1 Å². The van der Waals surface area contributed by atoms with Gasteiger partial charge < -0.3 is 19.6 Å². The highest BCUT2D eigenvalue weighted by Gasteiger charge is 2.20. The Kier molecular flexibility index (Phi) is 10.3. The van der Waals surface area contributed by atoms with Gasteiger partial charge in [0.15, 0.2) is 5.96 Å². The van der Waals surface area contributed by atoms with E-state index in [4.69, 9.17) is 9.52 Å². The number of hydrogen-bond acceptors (Lipinski definition) is 5. The van der Waals surface area contributed by atoms with Crippen LogP contribution in [0.2, 0.25) is 0 Å². The number of guanidine groups is 1. The van der Waals surface area contributed by atoms with Crippen molar-refractivity contribution in [2.75, 3.05) is 59.4 Å². The summed E-state index contributed by atoms with van der Waals surface area (Å²) < 4.78 is 4.90. The van der Waals surface area contributed by atoms with Gasteiger partial charge in [-0.3, -0.25) is 9.89 Å². The molecule has 0 aliphatic carbocycles. The van der Waals surface area contributed by atoms with Gasteiger partial charge in [-0.2, -0.15) is 0 Å². The Labute approximate surface area is 162 Å². The normalized spacial score (nSPS) is 16.3. The molecule has 8 heteroatoms. The molecule has 0 bridgehead atoms. The maximum Gasteiger partial charge on any atom is 0.194 e. The molecule has 0 saturated carbocycles. The average molecular weight is 450 g/mol. The first-order valence-corrected chi connectivity index (χ1v) is 8.56. The minimum absolute atomic E-state index is 0. The Hall–Kier alpha value is -0.870. The molecule has 1 saturated heterocycles. The highest BCUT2D eigenvalue weighted by atomic mass is 127. The molecule has 138 valence electrons. The van der Waals surface area contributed by atoms with Gasteiger partial charge in [-0.05, 0) is 20.5 Å². The lowest BCUT2D eigenvalue weighted by Crippen LogP contribution is -2.52. The molecule has 0 unspecified atom stereocenters. The summed E-state index contributed by atoms with van der Waals surface area (Å²) in [6.45, 7) is 13.0. The molecule has 0 amide bonds. The molecule has 1 aliphatic rings. The van der Waals surface area contributed by atoms with Gasteiger partial charge in [-0.1, -0.05) is 12.1 Å². The average Bonchev–Trinajstić information content (AvgIpc) is 3.07. The number of halogens is 1. The lowest BCUT2D eigenvalue weighted by molar-refractivity contribution is 0.169. The van der Waals surface area contributed by atoms with Crippen molar-refractivity contribution in [2.45, 2.75) is 20.4 Å². The van der Waals surface area contributed by atoms with Gasteiger partial charge in [-0.25, -0.2) is 0 Å². The summed E-state index contributed by atoms with van der Waals surface area (Å²) in [4.78, 5) is 11.8. The van der Waals surface area contributed by atoms with E-state index in [9.17, 15) is 0 Å². The number of hydrogen-bond donors (Lipinski definition) is 1. The fourth-order valence-electron chi connectivity index (χ4n) is 2.58. The maximum atomic E-state index is 4.90. The molecule has 1 aromatic rings. The van der Waals surface area contributed by atoms with Crippen LogP contribution in [0.15, 0.2) is 21.8 Å². The van der Waals surface area contributed by atoms with Gasteiger partial charge in [0.1, 0.15) is 6.26 Å². The number of piperazine rings is 1. The number of nitrogens with zero attached hydrogens (tertiary/aromatic N) is 5. The number of aliphatic imine (C=N–C) groups is 1. The molecule has 1 aromatic heterocycles. The van der Waals surface area contributed by atoms with Gasteiger partial charge in [0, 0.05) is 51.9 Å². The van der Waals surface area contributed by atoms with Crippen LogP contribution in [0.3, 0.4) is 0 Å². The Morgan fingerprint density at radius 2 is 2.08 bits per heavy atom. The topological polar surface area (TPSA) is 60.1 Å². The van der Waals surface area contributed by atoms with Crippen LogP contribution in [0.25, 0.3) is 0 Å². The van der Waals surface area contributed by atoms with Crippen LogP contribution in [-0.2, 0) is 6.54 Å². The smallest absolute Gasteiger partial charge is 0.194 e. The number of likely N-dealkylation sites (N-methyl/N-ethyl adjacent to an activating group) is 1. The van der Waals surface area contributed by atoms with Gasteiger partial charge in [0.2, 0.25) is 0 Å². The molecule has 1 aliphatic heterocycles. The maximum absolute atomic E-state index is 4.90. The van der Waals surface area contributed by atoms with Gasteiger partial charge in [0.05, 0.1) is 12.2 Å². The molecular weight excluding hydrogens is 419 g/mol. The molecular formula is C16H31IN6O. The van der Waals surface area contributed by atoms with Crippen molar-refractivity contribution in [3.8, 4) is 0 Å². The van der Waals surface area contributed by atoms with Crippen molar-refractivity contribution in [3.63, 3.8) is 0 Å². The Balaban J connectivity index is 0.00000288. The quantitative estimate of drug-likeness (QED) is 0.384. The summed E-state index contributed by atoms with van der Waals surface area (Å²) in [5, 5.41) is 7.40. The molecule has 7 nitrogen and oxygen atoms in total. The fraction of sp³-hybridized carbons (Fsp3) is 0.750. The molecule has 1 N–H and O–H groups in total. The minimum atomic E-state index is 0. The number of nitrogens with one attached hydrogen (secondary N) is 1. The lowest BCUT2D eigenvalue weighted by atomic mass is 10.3. The predicted octanol–water partition coefficient (Wildman–Crippen LogP) is 1.33. The molecule has 24 heavy (non-hydrogen) atoms. The summed E-state index contributed by atoms with van der Waals surface area (Å²) >= 11 is 0. The summed E-state index contributed by atoms with van der Waals surface area (Å²) in [5.74, 6) is 1.04. The summed E-state index contributed by atoms with van der Waals surface area (Å²) in [6.07, 6.45) is 1.63. The molecule has 0 spiro atoms. The van der Waals surface area contributed by atoms with Crippen molar-refractivity contribution in [1.29, 1.82) is 0 Å². The number of rotatable bonds is 7. The highest BCUT2D eigenvalue weighted by molar-refractivity contribution is 14.0. The van der Waals surface area contributed by atoms with E-state index in [0.29, 0.717) is 0 Å². The van der Waals surface area contributed by atoms with Crippen molar-refractivity contribution in [2.24, 2.45) is 4.99 Å². The second-order valence-corrected chi connectivity index (χ2v) is 5.89. The lowest BCUT2D eigenvalue weighted by Gasteiger charge is -2.36. The van der Waals surface area contributed by atoms with Crippen LogP contribution in [0.4, 0.5) is 0 Å². The van der Waals surface area contributed by atoms with Crippen molar-refractivity contribution in [3.05, 3.63) is 18.0 Å². The zero-order chi connectivity index (χ0) is 16.5. The summed E-state index contributed by atoms with van der Waals surface area (Å²) in [7, 11) is 2.13. The molecule has 0 aromatic carbocycles. The largest absolute Gasteiger partial charge is 0.364 e. The first-order valence-electron chi connectivity index (χ1n) is 8.56. The first kappa shape index (κ1) is 21.2. The molecule has 0 atom stereocenters. The Morgan fingerprint density at radius 3 is 2.67 bits per heavy atom. The summed E-state index contributed by atoms with van der Waals surface area (Å²) in [6, 6.07) is 1.93. The summed E-state index contributed by atoms with van der Waals surface area (Å²) in [5.41, 5.74) is 1.00. The van der Waals surface area contributed by atoms with E-state index in [-0.39, 0.29) is 24.0 Å². The third-order valence-corrected chi connectivity index (χ3v) is 4.17. The van der Waals surface area contributed by atoms with Gasteiger partial charge in [0.25, 0.3) is 0 Å². The second kappa shape index (κ2) is 11.6. The first-order chi connectivity index (χ1) is 11.2. The van der Waals surface area contributed by atoms with E-state index in [1.54, 1.807) is 6.26 Å². The van der Waals surface area contributed by atoms with Crippen molar-refractivity contribution < 1.29 is 4.52 Å². The van der Waals surface area contributed by atoms with E-state index in [1.165, 1.54) is 0 Å². The van der Waals surface area contributed by atoms with Crippen LogP contribution in [0, 0.1) is 0 Å².